The predicted molar refractivity (Wildman–Crippen MR) is 132 cm³/mol. The van der Waals surface area contributed by atoms with Crippen LogP contribution in [-0.4, -0.2) is 91.2 Å². The molecule has 0 bridgehead atoms. The van der Waals surface area contributed by atoms with E-state index in [9.17, 15) is 24.0 Å². The van der Waals surface area contributed by atoms with E-state index in [2.05, 4.69) is 5.32 Å². The number of likely N-dealkylation sites (N-methyl/N-ethyl adjacent to an activating group) is 1. The van der Waals surface area contributed by atoms with Crippen LogP contribution in [0.4, 0.5) is 4.79 Å². The van der Waals surface area contributed by atoms with Crippen LogP contribution in [0.5, 0.6) is 0 Å². The molecule has 0 aromatic heterocycles. The largest absolute Gasteiger partial charge is 0.444 e. The van der Waals surface area contributed by atoms with Crippen LogP contribution in [0.15, 0.2) is 18.2 Å². The summed E-state index contributed by atoms with van der Waals surface area (Å²) >= 11 is 0. The first-order chi connectivity index (χ1) is 17.5. The van der Waals surface area contributed by atoms with Gasteiger partial charge in [0.25, 0.3) is 11.8 Å². The molecule has 1 aromatic carbocycles. The van der Waals surface area contributed by atoms with Crippen molar-refractivity contribution in [3.63, 3.8) is 0 Å². The third kappa shape index (κ3) is 7.36. The molecule has 11 heteroatoms. The van der Waals surface area contributed by atoms with Gasteiger partial charge >= 0.3 is 6.09 Å². The van der Waals surface area contributed by atoms with Crippen molar-refractivity contribution in [1.82, 2.24) is 15.1 Å². The van der Waals surface area contributed by atoms with E-state index >= 15 is 0 Å². The second-order valence-electron chi connectivity index (χ2n) is 10.0. The molecule has 0 saturated carbocycles. The van der Waals surface area contributed by atoms with E-state index in [1.165, 1.54) is 4.90 Å². The average molecular weight is 518 g/mol. The van der Waals surface area contributed by atoms with E-state index in [0.717, 1.165) is 10.5 Å². The third-order valence-corrected chi connectivity index (χ3v) is 5.94. The second kappa shape index (κ2) is 12.3. The maximum absolute atomic E-state index is 13.1. The number of benzene rings is 1. The Morgan fingerprint density at radius 3 is 2.43 bits per heavy atom. The summed E-state index contributed by atoms with van der Waals surface area (Å²) in [4.78, 5) is 64.0. The molecule has 2 heterocycles. The Labute approximate surface area is 216 Å². The quantitative estimate of drug-likeness (QED) is 0.348. The third-order valence-electron chi connectivity index (χ3n) is 5.94. The number of imide groups is 2. The molecule has 2 aliphatic rings. The Kier molecular flexibility index (Phi) is 9.39. The first-order valence-corrected chi connectivity index (χ1v) is 12.4. The van der Waals surface area contributed by atoms with Crippen molar-refractivity contribution in [3.8, 4) is 0 Å². The topological polar surface area (TPSA) is 132 Å². The molecule has 11 nitrogen and oxygen atoms in total. The van der Waals surface area contributed by atoms with Gasteiger partial charge in [-0.1, -0.05) is 12.1 Å². The molecule has 1 N–H and O–H groups in total. The number of nitrogens with one attached hydrogen (secondary N) is 1. The fourth-order valence-corrected chi connectivity index (χ4v) is 4.11. The van der Waals surface area contributed by atoms with Gasteiger partial charge in [0.2, 0.25) is 11.8 Å². The van der Waals surface area contributed by atoms with Gasteiger partial charge in [0, 0.05) is 26.6 Å². The van der Waals surface area contributed by atoms with Gasteiger partial charge < -0.3 is 19.1 Å². The van der Waals surface area contributed by atoms with Crippen molar-refractivity contribution in [3.05, 3.63) is 34.9 Å². The van der Waals surface area contributed by atoms with Gasteiger partial charge in [0.05, 0.1) is 30.9 Å². The van der Waals surface area contributed by atoms with Gasteiger partial charge in [-0.25, -0.2) is 4.79 Å². The van der Waals surface area contributed by atoms with Crippen molar-refractivity contribution in [2.45, 2.75) is 58.1 Å². The zero-order valence-electron chi connectivity index (χ0n) is 21.8. The Balaban J connectivity index is 1.39. The Bertz CT molecular complexity index is 1050. The lowest BCUT2D eigenvalue weighted by molar-refractivity contribution is -0.136. The van der Waals surface area contributed by atoms with Gasteiger partial charge in [0.15, 0.2) is 0 Å². The van der Waals surface area contributed by atoms with Gasteiger partial charge in [0.1, 0.15) is 11.6 Å². The summed E-state index contributed by atoms with van der Waals surface area (Å²) < 4.78 is 16.4. The second-order valence-corrected chi connectivity index (χ2v) is 10.0. The van der Waals surface area contributed by atoms with Crippen LogP contribution in [0.1, 0.15) is 66.3 Å². The van der Waals surface area contributed by atoms with Crippen molar-refractivity contribution in [2.24, 2.45) is 0 Å². The summed E-state index contributed by atoms with van der Waals surface area (Å²) in [6.45, 7) is 7.37. The van der Waals surface area contributed by atoms with Crippen LogP contribution < -0.4 is 5.32 Å². The number of hydrogen-bond acceptors (Lipinski definition) is 8. The van der Waals surface area contributed by atoms with E-state index in [-0.39, 0.29) is 18.4 Å². The molecule has 3 rings (SSSR count). The Morgan fingerprint density at radius 1 is 1.05 bits per heavy atom. The maximum atomic E-state index is 13.1. The summed E-state index contributed by atoms with van der Waals surface area (Å²) in [6.07, 6.45) is 0.946. The van der Waals surface area contributed by atoms with Gasteiger partial charge in [-0.05, 0) is 51.7 Å². The van der Waals surface area contributed by atoms with Crippen LogP contribution in [0.25, 0.3) is 0 Å². The first-order valence-electron chi connectivity index (χ1n) is 12.4. The number of hydrogen-bond donors (Lipinski definition) is 1. The molecule has 1 saturated heterocycles. The molecule has 5 amide bonds. The smallest absolute Gasteiger partial charge is 0.410 e. The molecular weight excluding hydrogens is 482 g/mol. The number of rotatable bonds is 11. The monoisotopic (exact) mass is 517 g/mol. The number of carbonyl (C=O) groups is 5. The molecule has 202 valence electrons. The zero-order chi connectivity index (χ0) is 27.2. The average Bonchev–Trinajstić information content (AvgIpc) is 3.07. The highest BCUT2D eigenvalue weighted by Gasteiger charge is 2.45. The van der Waals surface area contributed by atoms with E-state index < -0.39 is 41.4 Å². The summed E-state index contributed by atoms with van der Waals surface area (Å²) in [5, 5.41) is 2.20. The lowest BCUT2D eigenvalue weighted by atomic mass is 9.99. The van der Waals surface area contributed by atoms with Crippen LogP contribution in [0.3, 0.4) is 0 Å². The van der Waals surface area contributed by atoms with Crippen molar-refractivity contribution >= 4 is 29.7 Å². The lowest BCUT2D eigenvalue weighted by Crippen LogP contribution is -2.54. The number of carbonyl (C=O) groups excluding carboxylic acids is 5. The molecule has 0 aliphatic carbocycles. The molecule has 1 aromatic rings. The Hall–Kier alpha value is -3.31. The van der Waals surface area contributed by atoms with E-state index in [1.807, 2.05) is 20.8 Å². The molecular formula is C26H35N3O8. The van der Waals surface area contributed by atoms with Gasteiger partial charge in [-0.2, -0.15) is 0 Å². The number of piperidine rings is 1. The Morgan fingerprint density at radius 2 is 1.76 bits per heavy atom. The van der Waals surface area contributed by atoms with Crippen molar-refractivity contribution < 1.29 is 38.2 Å². The number of ether oxygens (including phenoxy) is 3. The van der Waals surface area contributed by atoms with Gasteiger partial charge in [-0.15, -0.1) is 0 Å². The molecule has 2 aliphatic heterocycles. The SMILES string of the molecule is CN(CCOCCOCCCc1cccc2c1C(=O)N(C1CCC(=O)NC1=O)C2=O)C(=O)OC(C)(C)C. The lowest BCUT2D eigenvalue weighted by Gasteiger charge is -2.27. The molecule has 0 radical (unpaired) electrons. The highest BCUT2D eigenvalue weighted by atomic mass is 16.6. The standard InChI is InChI=1S/C26H35N3O8/c1-26(2,3)37-25(34)28(4)12-14-36-16-15-35-13-6-8-17-7-5-9-18-21(17)24(33)29(23(18)32)19-10-11-20(30)27-22(19)31/h5,7,9,19H,6,8,10-16H2,1-4H3,(H,27,30,31). The summed E-state index contributed by atoms with van der Waals surface area (Å²) in [5.74, 6) is -2.05. The van der Waals surface area contributed by atoms with Crippen LogP contribution in [-0.2, 0) is 30.2 Å². The number of nitrogens with zero attached hydrogens (tertiary/aromatic N) is 2. The van der Waals surface area contributed by atoms with Crippen LogP contribution in [0, 0.1) is 0 Å². The summed E-state index contributed by atoms with van der Waals surface area (Å²) in [5.41, 5.74) is 0.762. The summed E-state index contributed by atoms with van der Waals surface area (Å²) in [7, 11) is 1.65. The van der Waals surface area contributed by atoms with E-state index in [1.54, 1.807) is 25.2 Å². The molecule has 1 atom stereocenters. The minimum absolute atomic E-state index is 0.0815. The minimum Gasteiger partial charge on any atom is -0.444 e. The molecule has 37 heavy (non-hydrogen) atoms. The van der Waals surface area contributed by atoms with Crippen molar-refractivity contribution in [1.29, 1.82) is 0 Å². The van der Waals surface area contributed by atoms with E-state index in [4.69, 9.17) is 14.2 Å². The fraction of sp³-hybridized carbons (Fsp3) is 0.577. The molecule has 0 spiro atoms. The number of aryl methyl sites for hydroxylation is 1. The zero-order valence-corrected chi connectivity index (χ0v) is 21.8. The fourth-order valence-electron chi connectivity index (χ4n) is 4.11. The highest BCUT2D eigenvalue weighted by molar-refractivity contribution is 6.24. The van der Waals surface area contributed by atoms with Crippen molar-refractivity contribution in [2.75, 3.05) is 40.0 Å². The molecule has 1 unspecified atom stereocenters. The summed E-state index contributed by atoms with van der Waals surface area (Å²) in [6, 6.07) is 4.11. The molecule has 1 fully saturated rings. The highest BCUT2D eigenvalue weighted by Crippen LogP contribution is 2.30. The normalized spacial score (nSPS) is 17.6. The van der Waals surface area contributed by atoms with Gasteiger partial charge in [-0.3, -0.25) is 29.4 Å². The van der Waals surface area contributed by atoms with Crippen LogP contribution >= 0.6 is 0 Å². The maximum Gasteiger partial charge on any atom is 0.410 e. The van der Waals surface area contributed by atoms with E-state index in [0.29, 0.717) is 51.4 Å². The first kappa shape index (κ1) is 28.3. The number of fused-ring (bicyclic) bond motifs is 1. The number of amides is 5. The predicted octanol–water partition coefficient (Wildman–Crippen LogP) is 1.92. The van der Waals surface area contributed by atoms with Crippen LogP contribution in [0.2, 0.25) is 0 Å². The minimum atomic E-state index is -0.981.